The molecule has 1 heterocycles. The molecule has 0 aliphatic heterocycles. The molecule has 1 N–H and O–H groups in total. The van der Waals surface area contributed by atoms with Crippen LogP contribution in [-0.4, -0.2) is 15.7 Å². The fourth-order valence-electron chi connectivity index (χ4n) is 2.13. The molecule has 22 heavy (non-hydrogen) atoms. The van der Waals surface area contributed by atoms with Gasteiger partial charge in [-0.3, -0.25) is 9.48 Å². The van der Waals surface area contributed by atoms with Gasteiger partial charge in [-0.15, -0.1) is 0 Å². The Morgan fingerprint density at radius 3 is 2.45 bits per heavy atom. The zero-order chi connectivity index (χ0) is 16.3. The van der Waals surface area contributed by atoms with Crippen molar-refractivity contribution in [2.75, 3.05) is 5.32 Å². The molecule has 0 aliphatic rings. The number of hydrogen-bond donors (Lipinski definition) is 1. The highest BCUT2D eigenvalue weighted by atomic mass is 35.5. The normalized spacial score (nSPS) is 11.4. The maximum absolute atomic E-state index is 12.0. The lowest BCUT2D eigenvalue weighted by Gasteiger charge is -2.07. The minimum Gasteiger partial charge on any atom is -0.323 e. The van der Waals surface area contributed by atoms with E-state index in [0.717, 1.165) is 16.9 Å². The fourth-order valence-corrected chi connectivity index (χ4v) is 2.37. The summed E-state index contributed by atoms with van der Waals surface area (Å²) in [4.78, 5) is 12.0. The number of nitrogens with zero attached hydrogens (tertiary/aromatic N) is 2. The topological polar surface area (TPSA) is 46.9 Å². The number of anilines is 1. The number of benzene rings is 1. The molecular weight excluding hydrogens is 298 g/mol. The molecule has 0 spiro atoms. The van der Waals surface area contributed by atoms with E-state index in [4.69, 9.17) is 11.6 Å². The molecule has 0 bridgehead atoms. The van der Waals surface area contributed by atoms with Gasteiger partial charge in [0.15, 0.2) is 0 Å². The minimum atomic E-state index is -0.198. The van der Waals surface area contributed by atoms with Crippen LogP contribution in [0, 0.1) is 6.92 Å². The second kappa shape index (κ2) is 6.79. The van der Waals surface area contributed by atoms with E-state index in [1.165, 1.54) is 11.6 Å². The van der Waals surface area contributed by atoms with Crippen LogP contribution in [-0.2, 0) is 11.8 Å². The first-order valence-corrected chi connectivity index (χ1v) is 7.54. The van der Waals surface area contributed by atoms with Crippen LogP contribution in [0.4, 0.5) is 5.69 Å². The van der Waals surface area contributed by atoms with E-state index in [-0.39, 0.29) is 5.91 Å². The summed E-state index contributed by atoms with van der Waals surface area (Å²) in [5.41, 5.74) is 3.56. The van der Waals surface area contributed by atoms with Gasteiger partial charge in [0.2, 0.25) is 5.91 Å². The third kappa shape index (κ3) is 3.77. The van der Waals surface area contributed by atoms with E-state index in [1.54, 1.807) is 17.8 Å². The zero-order valence-corrected chi connectivity index (χ0v) is 14.0. The molecule has 0 atom stereocenters. The van der Waals surface area contributed by atoms with Gasteiger partial charge in [-0.1, -0.05) is 37.6 Å². The van der Waals surface area contributed by atoms with Crippen LogP contribution in [0.3, 0.4) is 0 Å². The molecule has 0 aliphatic carbocycles. The lowest BCUT2D eigenvalue weighted by Crippen LogP contribution is -2.07. The molecule has 2 rings (SSSR count). The Hall–Kier alpha value is -2.07. The van der Waals surface area contributed by atoms with Crippen molar-refractivity contribution in [2.45, 2.75) is 26.7 Å². The molecule has 1 aromatic heterocycles. The van der Waals surface area contributed by atoms with Crippen molar-refractivity contribution in [1.82, 2.24) is 9.78 Å². The molecule has 0 unspecified atom stereocenters. The number of hydrogen-bond acceptors (Lipinski definition) is 2. The minimum absolute atomic E-state index is 0.198. The molecule has 2 aromatic rings. The number of amides is 1. The van der Waals surface area contributed by atoms with Crippen LogP contribution in [0.25, 0.3) is 6.08 Å². The van der Waals surface area contributed by atoms with Gasteiger partial charge in [-0.2, -0.15) is 5.10 Å². The summed E-state index contributed by atoms with van der Waals surface area (Å²) >= 11 is 6.12. The Morgan fingerprint density at radius 2 is 1.95 bits per heavy atom. The molecule has 1 amide bonds. The lowest BCUT2D eigenvalue weighted by molar-refractivity contribution is -0.111. The molecule has 116 valence electrons. The molecule has 4 nitrogen and oxygen atoms in total. The lowest BCUT2D eigenvalue weighted by atomic mass is 10.0. The van der Waals surface area contributed by atoms with E-state index in [1.807, 2.05) is 31.2 Å². The van der Waals surface area contributed by atoms with Crippen LogP contribution in [0.1, 0.15) is 36.6 Å². The highest BCUT2D eigenvalue weighted by Crippen LogP contribution is 2.20. The predicted octanol–water partition coefficient (Wildman–Crippen LogP) is 4.16. The van der Waals surface area contributed by atoms with Crippen molar-refractivity contribution in [3.05, 3.63) is 52.3 Å². The summed E-state index contributed by atoms with van der Waals surface area (Å²) in [6.07, 6.45) is 3.15. The van der Waals surface area contributed by atoms with Gasteiger partial charge in [0.05, 0.1) is 5.69 Å². The first-order chi connectivity index (χ1) is 10.4. The number of carbonyl (C=O) groups is 1. The first-order valence-electron chi connectivity index (χ1n) is 7.16. The summed E-state index contributed by atoms with van der Waals surface area (Å²) in [5, 5.41) is 7.54. The number of carbonyl (C=O) groups excluding carboxylic acids is 1. The van der Waals surface area contributed by atoms with Gasteiger partial charge < -0.3 is 5.32 Å². The highest BCUT2D eigenvalue weighted by Gasteiger charge is 2.08. The average Bonchev–Trinajstić information content (AvgIpc) is 2.70. The monoisotopic (exact) mass is 317 g/mol. The standard InChI is InChI=1S/C17H20ClN3O/c1-11(2)13-5-7-14(8-6-13)19-16(22)10-9-15-12(3)20-21(4)17(15)18/h5-11H,1-4H3,(H,19,22). The number of halogens is 1. The number of rotatable bonds is 4. The predicted molar refractivity (Wildman–Crippen MR) is 91.1 cm³/mol. The second-order valence-electron chi connectivity index (χ2n) is 5.51. The quantitative estimate of drug-likeness (QED) is 0.861. The van der Waals surface area contributed by atoms with E-state index in [0.29, 0.717) is 11.1 Å². The van der Waals surface area contributed by atoms with Crippen LogP contribution in [0.2, 0.25) is 5.15 Å². The molecule has 0 saturated heterocycles. The van der Waals surface area contributed by atoms with Crippen molar-refractivity contribution in [1.29, 1.82) is 0 Å². The molecule has 0 fully saturated rings. The van der Waals surface area contributed by atoms with Gasteiger partial charge in [0.1, 0.15) is 5.15 Å². The Balaban J connectivity index is 2.05. The molecule has 0 radical (unpaired) electrons. The Kier molecular flexibility index (Phi) is 5.03. The summed E-state index contributed by atoms with van der Waals surface area (Å²) in [6.45, 7) is 6.13. The van der Waals surface area contributed by atoms with Gasteiger partial charge in [-0.05, 0) is 36.6 Å². The van der Waals surface area contributed by atoms with E-state index in [9.17, 15) is 4.79 Å². The van der Waals surface area contributed by atoms with E-state index in [2.05, 4.69) is 24.3 Å². The van der Waals surface area contributed by atoms with Crippen LogP contribution in [0.5, 0.6) is 0 Å². The number of aromatic nitrogens is 2. The van der Waals surface area contributed by atoms with E-state index < -0.39 is 0 Å². The summed E-state index contributed by atoms with van der Waals surface area (Å²) < 4.78 is 1.58. The van der Waals surface area contributed by atoms with Gasteiger partial charge >= 0.3 is 0 Å². The largest absolute Gasteiger partial charge is 0.323 e. The van der Waals surface area contributed by atoms with Crippen LogP contribution < -0.4 is 5.32 Å². The second-order valence-corrected chi connectivity index (χ2v) is 5.87. The Morgan fingerprint density at radius 1 is 1.32 bits per heavy atom. The zero-order valence-electron chi connectivity index (χ0n) is 13.2. The maximum atomic E-state index is 12.0. The molecule has 1 aromatic carbocycles. The van der Waals surface area contributed by atoms with Gasteiger partial charge in [0, 0.05) is 24.4 Å². The maximum Gasteiger partial charge on any atom is 0.248 e. The SMILES string of the molecule is Cc1nn(C)c(Cl)c1C=CC(=O)Nc1ccc(C(C)C)cc1. The average molecular weight is 318 g/mol. The van der Waals surface area contributed by atoms with Crippen molar-refractivity contribution >= 4 is 29.3 Å². The van der Waals surface area contributed by atoms with E-state index >= 15 is 0 Å². The summed E-state index contributed by atoms with van der Waals surface area (Å²) in [7, 11) is 1.77. The summed E-state index contributed by atoms with van der Waals surface area (Å²) in [5.74, 6) is 0.275. The van der Waals surface area contributed by atoms with Crippen LogP contribution >= 0.6 is 11.6 Å². The third-order valence-corrected chi connectivity index (χ3v) is 3.89. The van der Waals surface area contributed by atoms with Crippen molar-refractivity contribution < 1.29 is 4.79 Å². The smallest absolute Gasteiger partial charge is 0.248 e. The summed E-state index contributed by atoms with van der Waals surface area (Å²) in [6, 6.07) is 7.85. The Bertz CT molecular complexity index is 699. The van der Waals surface area contributed by atoms with Gasteiger partial charge in [0.25, 0.3) is 0 Å². The highest BCUT2D eigenvalue weighted by molar-refractivity contribution is 6.31. The van der Waals surface area contributed by atoms with Crippen molar-refractivity contribution in [3.8, 4) is 0 Å². The Labute approximate surface area is 135 Å². The van der Waals surface area contributed by atoms with Crippen LogP contribution in [0.15, 0.2) is 30.3 Å². The van der Waals surface area contributed by atoms with Crippen molar-refractivity contribution in [3.63, 3.8) is 0 Å². The molecule has 0 saturated carbocycles. The first kappa shape index (κ1) is 16.3. The molecular formula is C17H20ClN3O. The fraction of sp³-hybridized carbons (Fsp3) is 0.294. The van der Waals surface area contributed by atoms with Gasteiger partial charge in [-0.25, -0.2) is 0 Å². The van der Waals surface area contributed by atoms with Crippen molar-refractivity contribution in [2.24, 2.45) is 7.05 Å². The number of aryl methyl sites for hydroxylation is 2. The number of nitrogens with one attached hydrogen (secondary N) is 1. The molecule has 5 heteroatoms. The third-order valence-electron chi connectivity index (χ3n) is 3.44.